The average Bonchev–Trinajstić information content (AvgIpc) is 3.52. The molecule has 138 valence electrons. The van der Waals surface area contributed by atoms with Crippen LogP contribution >= 0.6 is 0 Å². The summed E-state index contributed by atoms with van der Waals surface area (Å²) in [6.45, 7) is 3.33. The molecule has 0 spiro atoms. The molecule has 1 aliphatic rings. The summed E-state index contributed by atoms with van der Waals surface area (Å²) in [5, 5.41) is 0. The lowest BCUT2D eigenvalue weighted by molar-refractivity contribution is 0.0654. The van der Waals surface area contributed by atoms with Gasteiger partial charge in [0.2, 0.25) is 0 Å². The first-order chi connectivity index (χ1) is 12.6. The van der Waals surface area contributed by atoms with Crippen LogP contribution in [0.15, 0.2) is 48.5 Å². The Labute approximate surface area is 155 Å². The van der Waals surface area contributed by atoms with Gasteiger partial charge in [0, 0.05) is 25.3 Å². The summed E-state index contributed by atoms with van der Waals surface area (Å²) in [5.74, 6) is 1.53. The van der Waals surface area contributed by atoms with E-state index >= 15 is 0 Å². The number of rotatable bonds is 8. The van der Waals surface area contributed by atoms with Crippen LogP contribution in [0.5, 0.6) is 5.75 Å². The van der Waals surface area contributed by atoms with Crippen molar-refractivity contribution in [3.63, 3.8) is 0 Å². The summed E-state index contributed by atoms with van der Waals surface area (Å²) in [7, 11) is 3.33. The number of benzene rings is 2. The van der Waals surface area contributed by atoms with Gasteiger partial charge in [-0.25, -0.2) is 0 Å². The molecular formula is C22H27NO3. The SMILES string of the molecule is COCc1ccc(C(=O)N(Cc2ccc(OC)cc2)C(C)C2CC2)cc1. The molecule has 0 aromatic heterocycles. The van der Waals surface area contributed by atoms with Gasteiger partial charge in [0.05, 0.1) is 13.7 Å². The zero-order valence-electron chi connectivity index (χ0n) is 15.8. The Hall–Kier alpha value is -2.33. The molecule has 1 fully saturated rings. The van der Waals surface area contributed by atoms with Gasteiger partial charge in [-0.15, -0.1) is 0 Å². The summed E-state index contributed by atoms with van der Waals surface area (Å²) in [4.78, 5) is 15.2. The van der Waals surface area contributed by atoms with Gasteiger partial charge in [-0.1, -0.05) is 24.3 Å². The maximum atomic E-state index is 13.2. The van der Waals surface area contributed by atoms with Crippen molar-refractivity contribution in [2.24, 2.45) is 5.92 Å². The number of hydrogen-bond donors (Lipinski definition) is 0. The lowest BCUT2D eigenvalue weighted by atomic mass is 10.1. The fourth-order valence-corrected chi connectivity index (χ4v) is 3.24. The van der Waals surface area contributed by atoms with E-state index in [0.717, 1.165) is 22.4 Å². The third-order valence-electron chi connectivity index (χ3n) is 5.08. The van der Waals surface area contributed by atoms with Crippen molar-refractivity contribution in [1.29, 1.82) is 0 Å². The molecule has 2 aromatic carbocycles. The Kier molecular flexibility index (Phi) is 5.94. The monoisotopic (exact) mass is 353 g/mol. The lowest BCUT2D eigenvalue weighted by Gasteiger charge is -2.30. The van der Waals surface area contributed by atoms with Crippen LogP contribution in [-0.2, 0) is 17.9 Å². The first-order valence-electron chi connectivity index (χ1n) is 9.14. The normalized spacial score (nSPS) is 14.7. The largest absolute Gasteiger partial charge is 0.497 e. The van der Waals surface area contributed by atoms with Crippen LogP contribution < -0.4 is 4.74 Å². The van der Waals surface area contributed by atoms with Crippen LogP contribution in [0.2, 0.25) is 0 Å². The molecule has 2 aromatic rings. The number of amides is 1. The Morgan fingerprint density at radius 3 is 2.19 bits per heavy atom. The van der Waals surface area contributed by atoms with Crippen LogP contribution in [0.3, 0.4) is 0 Å². The van der Waals surface area contributed by atoms with Gasteiger partial charge < -0.3 is 14.4 Å². The van der Waals surface area contributed by atoms with Gasteiger partial charge in [-0.2, -0.15) is 0 Å². The Morgan fingerprint density at radius 1 is 1.04 bits per heavy atom. The topological polar surface area (TPSA) is 38.8 Å². The highest BCUT2D eigenvalue weighted by molar-refractivity contribution is 5.94. The minimum Gasteiger partial charge on any atom is -0.497 e. The number of nitrogens with zero attached hydrogens (tertiary/aromatic N) is 1. The Balaban J connectivity index is 1.79. The maximum Gasteiger partial charge on any atom is 0.254 e. The standard InChI is InChI=1S/C22H27NO3/c1-16(19-10-11-19)23(14-17-6-12-21(26-3)13-7-17)22(24)20-8-4-18(5-9-20)15-25-2/h4-9,12-13,16,19H,10-11,14-15H2,1-3H3. The predicted octanol–water partition coefficient (Wildman–Crippen LogP) is 4.28. The van der Waals surface area contributed by atoms with Gasteiger partial charge >= 0.3 is 0 Å². The summed E-state index contributed by atoms with van der Waals surface area (Å²) >= 11 is 0. The second-order valence-corrected chi connectivity index (χ2v) is 6.99. The number of carbonyl (C=O) groups excluding carboxylic acids is 1. The number of carbonyl (C=O) groups is 1. The first kappa shape index (κ1) is 18.5. The zero-order chi connectivity index (χ0) is 18.5. The van der Waals surface area contributed by atoms with E-state index < -0.39 is 0 Å². The van der Waals surface area contributed by atoms with Crippen molar-refractivity contribution in [3.05, 3.63) is 65.2 Å². The molecule has 0 heterocycles. The second kappa shape index (κ2) is 8.37. The van der Waals surface area contributed by atoms with E-state index in [1.807, 2.05) is 53.4 Å². The van der Waals surface area contributed by atoms with E-state index in [4.69, 9.17) is 9.47 Å². The average molecular weight is 353 g/mol. The molecule has 4 heteroatoms. The van der Waals surface area contributed by atoms with Crippen molar-refractivity contribution in [2.45, 2.75) is 39.0 Å². The highest BCUT2D eigenvalue weighted by Crippen LogP contribution is 2.36. The van der Waals surface area contributed by atoms with Gasteiger partial charge in [0.15, 0.2) is 0 Å². The summed E-state index contributed by atoms with van der Waals surface area (Å²) < 4.78 is 10.4. The lowest BCUT2D eigenvalue weighted by Crippen LogP contribution is -2.39. The van der Waals surface area contributed by atoms with Crippen molar-refractivity contribution >= 4 is 5.91 Å². The Morgan fingerprint density at radius 2 is 1.65 bits per heavy atom. The smallest absolute Gasteiger partial charge is 0.254 e. The molecule has 1 aliphatic carbocycles. The third-order valence-corrected chi connectivity index (χ3v) is 5.08. The zero-order valence-corrected chi connectivity index (χ0v) is 15.8. The molecule has 0 N–H and O–H groups in total. The molecule has 4 nitrogen and oxygen atoms in total. The molecule has 0 bridgehead atoms. The van der Waals surface area contributed by atoms with Crippen LogP contribution in [0.1, 0.15) is 41.3 Å². The van der Waals surface area contributed by atoms with Crippen LogP contribution in [0.25, 0.3) is 0 Å². The molecule has 1 atom stereocenters. The highest BCUT2D eigenvalue weighted by Gasteiger charge is 2.34. The second-order valence-electron chi connectivity index (χ2n) is 6.99. The highest BCUT2D eigenvalue weighted by atomic mass is 16.5. The van der Waals surface area contributed by atoms with Crippen LogP contribution in [-0.4, -0.2) is 31.1 Å². The Bertz CT molecular complexity index is 720. The molecule has 3 rings (SSSR count). The molecule has 1 saturated carbocycles. The van der Waals surface area contributed by atoms with Gasteiger partial charge in [-0.3, -0.25) is 4.79 Å². The molecule has 26 heavy (non-hydrogen) atoms. The molecular weight excluding hydrogens is 326 g/mol. The molecule has 0 aliphatic heterocycles. The molecule has 1 amide bonds. The molecule has 1 unspecified atom stereocenters. The quantitative estimate of drug-likeness (QED) is 0.711. The van der Waals surface area contributed by atoms with Crippen LogP contribution in [0.4, 0.5) is 0 Å². The minimum atomic E-state index is 0.0872. The summed E-state index contributed by atoms with van der Waals surface area (Å²) in [5.41, 5.74) is 2.91. The van der Waals surface area contributed by atoms with E-state index in [2.05, 4.69) is 6.92 Å². The van der Waals surface area contributed by atoms with E-state index in [1.165, 1.54) is 12.8 Å². The summed E-state index contributed by atoms with van der Waals surface area (Å²) in [6, 6.07) is 15.9. The fourth-order valence-electron chi connectivity index (χ4n) is 3.24. The van der Waals surface area contributed by atoms with Crippen molar-refractivity contribution < 1.29 is 14.3 Å². The van der Waals surface area contributed by atoms with Gasteiger partial charge in [0.1, 0.15) is 5.75 Å². The molecule has 0 radical (unpaired) electrons. The van der Waals surface area contributed by atoms with Crippen LogP contribution in [0, 0.1) is 5.92 Å². The molecule has 0 saturated heterocycles. The van der Waals surface area contributed by atoms with Crippen molar-refractivity contribution in [2.75, 3.05) is 14.2 Å². The van der Waals surface area contributed by atoms with Gasteiger partial charge in [-0.05, 0) is 61.1 Å². The van der Waals surface area contributed by atoms with E-state index in [1.54, 1.807) is 14.2 Å². The number of hydrogen-bond acceptors (Lipinski definition) is 3. The van der Waals surface area contributed by atoms with E-state index in [9.17, 15) is 4.79 Å². The van der Waals surface area contributed by atoms with E-state index in [0.29, 0.717) is 19.1 Å². The van der Waals surface area contributed by atoms with Crippen molar-refractivity contribution in [1.82, 2.24) is 4.90 Å². The minimum absolute atomic E-state index is 0.0872. The first-order valence-corrected chi connectivity index (χ1v) is 9.14. The van der Waals surface area contributed by atoms with E-state index in [-0.39, 0.29) is 11.9 Å². The number of methoxy groups -OCH3 is 2. The third kappa shape index (κ3) is 4.44. The maximum absolute atomic E-state index is 13.2. The van der Waals surface area contributed by atoms with Crippen molar-refractivity contribution in [3.8, 4) is 5.75 Å². The predicted molar refractivity (Wildman–Crippen MR) is 102 cm³/mol. The number of ether oxygens (including phenoxy) is 2. The van der Waals surface area contributed by atoms with Gasteiger partial charge in [0.25, 0.3) is 5.91 Å². The fraction of sp³-hybridized carbons (Fsp3) is 0.409. The summed E-state index contributed by atoms with van der Waals surface area (Å²) in [6.07, 6.45) is 2.42.